The number of nitrogens with one attached hydrogen (secondary N) is 1. The second-order valence-corrected chi connectivity index (χ2v) is 5.07. The molecule has 0 saturated carbocycles. The molecule has 2 aromatic rings. The number of nitrogens with zero attached hydrogens (tertiary/aromatic N) is 1. The van der Waals surface area contributed by atoms with Crippen molar-refractivity contribution in [2.75, 3.05) is 12.4 Å². The second-order valence-electron chi connectivity index (χ2n) is 4.22. The largest absolute Gasteiger partial charge is 0.490 e. The van der Waals surface area contributed by atoms with Crippen molar-refractivity contribution in [3.63, 3.8) is 0 Å². The molecule has 6 nitrogen and oxygen atoms in total. The van der Waals surface area contributed by atoms with E-state index in [9.17, 15) is 14.9 Å². The molecule has 0 saturated heterocycles. The summed E-state index contributed by atoms with van der Waals surface area (Å²) < 4.78 is 4.88. The van der Waals surface area contributed by atoms with E-state index in [0.717, 1.165) is 6.07 Å². The number of hydrogen-bond acceptors (Lipinski definition) is 4. The zero-order chi connectivity index (χ0) is 16.3. The van der Waals surface area contributed by atoms with Gasteiger partial charge in [-0.05, 0) is 30.3 Å². The molecule has 0 radical (unpaired) electrons. The van der Waals surface area contributed by atoms with Gasteiger partial charge >= 0.3 is 5.69 Å². The van der Waals surface area contributed by atoms with Crippen LogP contribution in [-0.2, 0) is 0 Å². The van der Waals surface area contributed by atoms with Gasteiger partial charge in [0.1, 0.15) is 0 Å². The number of benzene rings is 2. The summed E-state index contributed by atoms with van der Waals surface area (Å²) in [6, 6.07) is 8.51. The Hall–Kier alpha value is -2.31. The lowest BCUT2D eigenvalue weighted by Crippen LogP contribution is -2.12. The number of halogens is 2. The molecule has 0 aromatic heterocycles. The Bertz CT molecular complexity index is 750. The quantitative estimate of drug-likeness (QED) is 0.669. The Balaban J connectivity index is 2.30. The topological polar surface area (TPSA) is 81.5 Å². The summed E-state index contributed by atoms with van der Waals surface area (Å²) in [6.07, 6.45) is 0. The summed E-state index contributed by atoms with van der Waals surface area (Å²) in [5, 5.41) is 14.2. The molecule has 114 valence electrons. The van der Waals surface area contributed by atoms with Crippen molar-refractivity contribution in [3.8, 4) is 5.75 Å². The number of anilines is 1. The summed E-state index contributed by atoms with van der Waals surface area (Å²) >= 11 is 11.7. The molecular formula is C14H10Cl2N2O4. The maximum absolute atomic E-state index is 12.2. The first-order chi connectivity index (χ1) is 10.4. The highest BCUT2D eigenvalue weighted by atomic mass is 35.5. The Morgan fingerprint density at radius 2 is 1.95 bits per heavy atom. The first kappa shape index (κ1) is 16.1. The fraction of sp³-hybridized carbons (Fsp3) is 0.0714. The van der Waals surface area contributed by atoms with Crippen LogP contribution < -0.4 is 10.1 Å². The number of ether oxygens (including phenoxy) is 1. The molecule has 1 N–H and O–H groups in total. The molecule has 0 aliphatic heterocycles. The minimum Gasteiger partial charge on any atom is -0.490 e. The van der Waals surface area contributed by atoms with Crippen LogP contribution in [0, 0.1) is 10.1 Å². The third kappa shape index (κ3) is 3.47. The summed E-state index contributed by atoms with van der Waals surface area (Å²) in [5.41, 5.74) is 0.172. The number of rotatable bonds is 4. The average Bonchev–Trinajstić information content (AvgIpc) is 2.49. The Morgan fingerprint density at radius 3 is 2.55 bits per heavy atom. The number of nitro groups is 1. The highest BCUT2D eigenvalue weighted by Gasteiger charge is 2.18. The van der Waals surface area contributed by atoms with Gasteiger partial charge < -0.3 is 10.1 Å². The van der Waals surface area contributed by atoms with Crippen LogP contribution in [0.1, 0.15) is 10.4 Å². The Labute approximate surface area is 135 Å². The van der Waals surface area contributed by atoms with E-state index < -0.39 is 10.8 Å². The fourth-order valence-electron chi connectivity index (χ4n) is 1.76. The third-order valence-electron chi connectivity index (χ3n) is 2.82. The van der Waals surface area contributed by atoms with Gasteiger partial charge in [-0.1, -0.05) is 23.2 Å². The van der Waals surface area contributed by atoms with Crippen molar-refractivity contribution < 1.29 is 14.5 Å². The van der Waals surface area contributed by atoms with E-state index in [-0.39, 0.29) is 22.0 Å². The number of carbonyl (C=O) groups excluding carboxylic acids is 1. The lowest BCUT2D eigenvalue weighted by molar-refractivity contribution is -0.385. The van der Waals surface area contributed by atoms with Gasteiger partial charge in [-0.2, -0.15) is 0 Å². The second kappa shape index (κ2) is 6.64. The zero-order valence-corrected chi connectivity index (χ0v) is 12.8. The standard InChI is InChI=1S/C14H10Cl2N2O4/c1-22-13-5-2-8(6-12(13)18(20)21)14(19)17-11-4-3-9(15)7-10(11)16/h2-7H,1H3,(H,17,19). The molecule has 0 spiro atoms. The Morgan fingerprint density at radius 1 is 1.23 bits per heavy atom. The normalized spacial score (nSPS) is 10.1. The van der Waals surface area contributed by atoms with Crippen LogP contribution in [0.5, 0.6) is 5.75 Å². The summed E-state index contributed by atoms with van der Waals surface area (Å²) in [7, 11) is 1.32. The molecular weight excluding hydrogens is 331 g/mol. The minimum atomic E-state index is -0.620. The number of methoxy groups -OCH3 is 1. The fourth-order valence-corrected chi connectivity index (χ4v) is 2.21. The highest BCUT2D eigenvalue weighted by molar-refractivity contribution is 6.36. The van der Waals surface area contributed by atoms with Gasteiger partial charge in [-0.25, -0.2) is 0 Å². The molecule has 8 heteroatoms. The first-order valence-electron chi connectivity index (χ1n) is 6.01. The van der Waals surface area contributed by atoms with E-state index in [2.05, 4.69) is 5.32 Å². The van der Waals surface area contributed by atoms with Crippen LogP contribution in [0.25, 0.3) is 0 Å². The van der Waals surface area contributed by atoms with E-state index in [1.807, 2.05) is 0 Å². The molecule has 2 rings (SSSR count). The lowest BCUT2D eigenvalue weighted by atomic mass is 10.1. The molecule has 0 heterocycles. The number of nitro benzene ring substituents is 1. The summed E-state index contributed by atoms with van der Waals surface area (Å²) in [4.78, 5) is 22.5. The summed E-state index contributed by atoms with van der Waals surface area (Å²) in [5.74, 6) is -0.457. The van der Waals surface area contributed by atoms with Crippen LogP contribution >= 0.6 is 23.2 Å². The van der Waals surface area contributed by atoms with Gasteiger partial charge in [0.15, 0.2) is 5.75 Å². The average molecular weight is 341 g/mol. The third-order valence-corrected chi connectivity index (χ3v) is 3.36. The summed E-state index contributed by atoms with van der Waals surface area (Å²) in [6.45, 7) is 0. The van der Waals surface area contributed by atoms with Crippen LogP contribution in [0.15, 0.2) is 36.4 Å². The number of hydrogen-bond donors (Lipinski definition) is 1. The molecule has 0 aliphatic rings. The lowest BCUT2D eigenvalue weighted by Gasteiger charge is -2.08. The molecule has 2 aromatic carbocycles. The van der Waals surface area contributed by atoms with E-state index in [0.29, 0.717) is 10.7 Å². The smallest absolute Gasteiger partial charge is 0.311 e. The van der Waals surface area contributed by atoms with Crippen molar-refractivity contribution in [3.05, 3.63) is 62.1 Å². The van der Waals surface area contributed by atoms with Gasteiger partial charge in [0.2, 0.25) is 0 Å². The molecule has 0 atom stereocenters. The van der Waals surface area contributed by atoms with Crippen molar-refractivity contribution >= 4 is 40.5 Å². The SMILES string of the molecule is COc1ccc(C(=O)Nc2ccc(Cl)cc2Cl)cc1[N+](=O)[O-]. The number of carbonyl (C=O) groups is 1. The van der Waals surface area contributed by atoms with E-state index >= 15 is 0 Å². The minimum absolute atomic E-state index is 0.0751. The zero-order valence-electron chi connectivity index (χ0n) is 11.3. The van der Waals surface area contributed by atoms with Gasteiger partial charge in [-0.15, -0.1) is 0 Å². The van der Waals surface area contributed by atoms with Crippen LogP contribution in [0.2, 0.25) is 10.0 Å². The van der Waals surface area contributed by atoms with Crippen molar-refractivity contribution in [2.24, 2.45) is 0 Å². The monoisotopic (exact) mass is 340 g/mol. The van der Waals surface area contributed by atoms with Crippen LogP contribution in [0.3, 0.4) is 0 Å². The van der Waals surface area contributed by atoms with Gasteiger partial charge in [0.05, 0.1) is 22.7 Å². The molecule has 0 unspecified atom stereocenters. The Kier molecular flexibility index (Phi) is 4.85. The van der Waals surface area contributed by atoms with E-state index in [1.54, 1.807) is 12.1 Å². The van der Waals surface area contributed by atoms with Gasteiger partial charge in [-0.3, -0.25) is 14.9 Å². The molecule has 0 aliphatic carbocycles. The van der Waals surface area contributed by atoms with Crippen molar-refractivity contribution in [1.29, 1.82) is 0 Å². The van der Waals surface area contributed by atoms with Crippen LogP contribution in [0.4, 0.5) is 11.4 Å². The van der Waals surface area contributed by atoms with Crippen molar-refractivity contribution in [2.45, 2.75) is 0 Å². The van der Waals surface area contributed by atoms with Crippen molar-refractivity contribution in [1.82, 2.24) is 0 Å². The predicted octanol–water partition coefficient (Wildman–Crippen LogP) is 4.16. The van der Waals surface area contributed by atoms with E-state index in [1.165, 1.54) is 25.3 Å². The maximum atomic E-state index is 12.2. The van der Waals surface area contributed by atoms with Gasteiger partial charge in [0.25, 0.3) is 5.91 Å². The molecule has 0 bridgehead atoms. The molecule has 22 heavy (non-hydrogen) atoms. The van der Waals surface area contributed by atoms with E-state index in [4.69, 9.17) is 27.9 Å². The highest BCUT2D eigenvalue weighted by Crippen LogP contribution is 2.29. The molecule has 0 fully saturated rings. The first-order valence-corrected chi connectivity index (χ1v) is 6.77. The maximum Gasteiger partial charge on any atom is 0.311 e. The van der Waals surface area contributed by atoms with Crippen LogP contribution in [-0.4, -0.2) is 17.9 Å². The van der Waals surface area contributed by atoms with Gasteiger partial charge in [0, 0.05) is 16.7 Å². The predicted molar refractivity (Wildman–Crippen MR) is 84.1 cm³/mol. The number of amides is 1. The molecule has 1 amide bonds.